The first-order valence-corrected chi connectivity index (χ1v) is 7.70. The third-order valence-electron chi connectivity index (χ3n) is 2.35. The number of anilines is 2. The van der Waals surface area contributed by atoms with Crippen LogP contribution >= 0.6 is 23.1 Å². The van der Waals surface area contributed by atoms with Crippen LogP contribution in [-0.2, 0) is 4.79 Å². The maximum absolute atomic E-state index is 12.7. The first-order valence-electron chi connectivity index (χ1n) is 6.00. The summed E-state index contributed by atoms with van der Waals surface area (Å²) in [6.45, 7) is 1.53. The lowest BCUT2D eigenvalue weighted by Crippen LogP contribution is -2.19. The summed E-state index contributed by atoms with van der Waals surface area (Å²) >= 11 is 2.10. The number of hydrogen-bond donors (Lipinski definition) is 3. The number of halogens is 1. The number of nitrogens with one attached hydrogen (secondary N) is 2. The molecule has 0 aliphatic carbocycles. The molecular formula is C12H11FN4O3S2. The molecule has 0 unspecified atom stereocenters. The van der Waals surface area contributed by atoms with E-state index in [-0.39, 0.29) is 5.13 Å². The Morgan fingerprint density at radius 3 is 2.59 bits per heavy atom. The topological polar surface area (TPSA) is 104 Å². The molecule has 0 saturated carbocycles. The van der Waals surface area contributed by atoms with Gasteiger partial charge in [0.25, 0.3) is 0 Å². The van der Waals surface area contributed by atoms with Gasteiger partial charge in [0.15, 0.2) is 4.34 Å². The SMILES string of the molecule is C[C@@H](Sc1nnc(NC(=O)Nc2ccc(F)cc2)s1)C(=O)O. The predicted octanol–water partition coefficient (Wildman–Crippen LogP) is 2.89. The lowest BCUT2D eigenvalue weighted by molar-refractivity contribution is -0.136. The fourth-order valence-corrected chi connectivity index (χ4v) is 3.13. The van der Waals surface area contributed by atoms with E-state index in [1.54, 1.807) is 0 Å². The highest BCUT2D eigenvalue weighted by atomic mass is 32.2. The second-order valence-electron chi connectivity index (χ2n) is 4.06. The minimum absolute atomic E-state index is 0.236. The number of rotatable bonds is 5. The van der Waals surface area contributed by atoms with Gasteiger partial charge in [0.2, 0.25) is 5.13 Å². The van der Waals surface area contributed by atoms with Gasteiger partial charge in [0, 0.05) is 5.69 Å². The maximum atomic E-state index is 12.7. The van der Waals surface area contributed by atoms with Crippen molar-refractivity contribution in [2.24, 2.45) is 0 Å². The fraction of sp³-hybridized carbons (Fsp3) is 0.167. The number of carbonyl (C=O) groups is 2. The molecule has 1 heterocycles. The fourth-order valence-electron chi connectivity index (χ4n) is 1.30. The average molecular weight is 342 g/mol. The molecular weight excluding hydrogens is 331 g/mol. The van der Waals surface area contributed by atoms with E-state index < -0.39 is 23.1 Å². The summed E-state index contributed by atoms with van der Waals surface area (Å²) < 4.78 is 13.2. The number of carbonyl (C=O) groups excluding carboxylic acids is 1. The predicted molar refractivity (Wildman–Crippen MR) is 81.9 cm³/mol. The van der Waals surface area contributed by atoms with Crippen LogP contribution in [0.15, 0.2) is 28.6 Å². The number of carboxylic acid groups (broad SMARTS) is 1. The van der Waals surface area contributed by atoms with Crippen LogP contribution in [0.3, 0.4) is 0 Å². The molecule has 1 aromatic carbocycles. The molecule has 2 rings (SSSR count). The second-order valence-corrected chi connectivity index (χ2v) is 6.62. The standard InChI is InChI=1S/C12H11FN4O3S2/c1-6(9(18)19)21-12-17-16-11(22-12)15-10(20)14-8-4-2-7(13)3-5-8/h2-6H,1H3,(H,18,19)(H2,14,15,16,20)/t6-/m1/s1. The van der Waals surface area contributed by atoms with Crippen LogP contribution in [0.2, 0.25) is 0 Å². The molecule has 1 atom stereocenters. The van der Waals surface area contributed by atoms with Gasteiger partial charge in [-0.3, -0.25) is 10.1 Å². The van der Waals surface area contributed by atoms with E-state index in [1.165, 1.54) is 31.2 Å². The molecule has 0 bridgehead atoms. The van der Waals surface area contributed by atoms with Crippen LogP contribution in [0.1, 0.15) is 6.92 Å². The Labute approximate surface area is 133 Å². The Hall–Kier alpha value is -2.20. The summed E-state index contributed by atoms with van der Waals surface area (Å²) in [4.78, 5) is 22.5. The lowest BCUT2D eigenvalue weighted by Gasteiger charge is -2.04. The van der Waals surface area contributed by atoms with Crippen molar-refractivity contribution >= 4 is 45.9 Å². The van der Waals surface area contributed by atoms with Gasteiger partial charge in [-0.15, -0.1) is 10.2 Å². The first-order chi connectivity index (χ1) is 10.4. The van der Waals surface area contributed by atoms with Crippen molar-refractivity contribution in [2.45, 2.75) is 16.5 Å². The Bertz CT molecular complexity index is 677. The van der Waals surface area contributed by atoms with Gasteiger partial charge < -0.3 is 10.4 Å². The molecule has 0 aliphatic rings. The van der Waals surface area contributed by atoms with E-state index in [2.05, 4.69) is 20.8 Å². The van der Waals surface area contributed by atoms with E-state index in [0.717, 1.165) is 23.1 Å². The molecule has 2 amide bonds. The largest absolute Gasteiger partial charge is 0.480 e. The van der Waals surface area contributed by atoms with Gasteiger partial charge in [0.05, 0.1) is 0 Å². The summed E-state index contributed by atoms with van der Waals surface area (Å²) in [5.74, 6) is -1.35. The Morgan fingerprint density at radius 1 is 1.27 bits per heavy atom. The number of aliphatic carboxylic acids is 1. The molecule has 0 aliphatic heterocycles. The Morgan fingerprint density at radius 2 is 1.95 bits per heavy atom. The minimum atomic E-state index is -0.955. The smallest absolute Gasteiger partial charge is 0.325 e. The quantitative estimate of drug-likeness (QED) is 0.570. The summed E-state index contributed by atoms with van der Waals surface area (Å²) in [5, 5.41) is 20.9. The highest BCUT2D eigenvalue weighted by Crippen LogP contribution is 2.28. The average Bonchev–Trinajstić information content (AvgIpc) is 2.88. The van der Waals surface area contributed by atoms with Gasteiger partial charge in [-0.05, 0) is 31.2 Å². The molecule has 1 aromatic heterocycles. The van der Waals surface area contributed by atoms with Gasteiger partial charge in [0.1, 0.15) is 11.1 Å². The normalized spacial score (nSPS) is 11.7. The monoisotopic (exact) mass is 342 g/mol. The van der Waals surface area contributed by atoms with Gasteiger partial charge in [-0.25, -0.2) is 9.18 Å². The molecule has 116 valence electrons. The number of hydrogen-bond acceptors (Lipinski definition) is 6. The lowest BCUT2D eigenvalue weighted by atomic mass is 10.3. The van der Waals surface area contributed by atoms with E-state index in [4.69, 9.17) is 5.11 Å². The molecule has 0 radical (unpaired) electrons. The molecule has 0 saturated heterocycles. The zero-order valence-electron chi connectivity index (χ0n) is 11.2. The molecule has 10 heteroatoms. The summed E-state index contributed by atoms with van der Waals surface area (Å²) in [7, 11) is 0. The van der Waals surface area contributed by atoms with Crippen LogP contribution in [-0.4, -0.2) is 32.6 Å². The highest BCUT2D eigenvalue weighted by Gasteiger charge is 2.16. The molecule has 3 N–H and O–H groups in total. The zero-order valence-corrected chi connectivity index (χ0v) is 12.9. The van der Waals surface area contributed by atoms with Crippen molar-refractivity contribution in [3.63, 3.8) is 0 Å². The Balaban J connectivity index is 1.90. The van der Waals surface area contributed by atoms with Crippen molar-refractivity contribution in [1.29, 1.82) is 0 Å². The second kappa shape index (κ2) is 7.18. The number of nitrogens with zero attached hydrogens (tertiary/aromatic N) is 2. The number of urea groups is 1. The molecule has 0 fully saturated rings. The van der Waals surface area contributed by atoms with Gasteiger partial charge in [-0.2, -0.15) is 0 Å². The van der Waals surface area contributed by atoms with E-state index in [1.807, 2.05) is 0 Å². The summed E-state index contributed by atoms with van der Waals surface area (Å²) in [6, 6.07) is 4.74. The maximum Gasteiger partial charge on any atom is 0.325 e. The third kappa shape index (κ3) is 4.67. The number of aromatic nitrogens is 2. The summed E-state index contributed by atoms with van der Waals surface area (Å²) in [6.07, 6.45) is 0. The summed E-state index contributed by atoms with van der Waals surface area (Å²) in [5.41, 5.74) is 0.428. The van der Waals surface area contributed by atoms with Crippen molar-refractivity contribution in [1.82, 2.24) is 10.2 Å². The first kappa shape index (κ1) is 16.2. The molecule has 7 nitrogen and oxygen atoms in total. The number of benzene rings is 1. The highest BCUT2D eigenvalue weighted by molar-refractivity contribution is 8.02. The van der Waals surface area contributed by atoms with Crippen molar-refractivity contribution in [2.75, 3.05) is 10.6 Å². The van der Waals surface area contributed by atoms with Crippen molar-refractivity contribution < 1.29 is 19.1 Å². The van der Waals surface area contributed by atoms with E-state index >= 15 is 0 Å². The van der Waals surface area contributed by atoms with Gasteiger partial charge >= 0.3 is 12.0 Å². The molecule has 2 aromatic rings. The van der Waals surface area contributed by atoms with E-state index in [0.29, 0.717) is 10.0 Å². The number of thioether (sulfide) groups is 1. The number of amides is 2. The van der Waals surface area contributed by atoms with Crippen LogP contribution in [0.4, 0.5) is 20.0 Å². The third-order valence-corrected chi connectivity index (χ3v) is 4.36. The zero-order chi connectivity index (χ0) is 16.1. The van der Waals surface area contributed by atoms with Crippen LogP contribution in [0, 0.1) is 5.82 Å². The number of carboxylic acids is 1. The van der Waals surface area contributed by atoms with Crippen LogP contribution < -0.4 is 10.6 Å². The van der Waals surface area contributed by atoms with Crippen molar-refractivity contribution in [3.8, 4) is 0 Å². The van der Waals surface area contributed by atoms with Crippen molar-refractivity contribution in [3.05, 3.63) is 30.1 Å². The van der Waals surface area contributed by atoms with Crippen LogP contribution in [0.5, 0.6) is 0 Å². The molecule has 0 spiro atoms. The molecule has 22 heavy (non-hydrogen) atoms. The Kier molecular flexibility index (Phi) is 5.28. The van der Waals surface area contributed by atoms with Crippen LogP contribution in [0.25, 0.3) is 0 Å². The minimum Gasteiger partial charge on any atom is -0.480 e. The van der Waals surface area contributed by atoms with E-state index in [9.17, 15) is 14.0 Å². The van der Waals surface area contributed by atoms with Gasteiger partial charge in [-0.1, -0.05) is 23.1 Å².